The number of piperazine rings is 1. The summed E-state index contributed by atoms with van der Waals surface area (Å²) < 4.78 is 6.98. The Morgan fingerprint density at radius 1 is 1.10 bits per heavy atom. The Bertz CT molecular complexity index is 1510. The number of nitrogens with zero attached hydrogens (tertiary/aromatic N) is 8. The second-order valence-corrected chi connectivity index (χ2v) is 11.3. The van der Waals surface area contributed by atoms with Crippen molar-refractivity contribution in [3.8, 4) is 11.9 Å². The molecule has 10 nitrogen and oxygen atoms in total. The molecule has 3 aliphatic rings. The number of ether oxygens (including phenoxy) is 1. The third-order valence-electron chi connectivity index (χ3n) is 8.35. The Balaban J connectivity index is 1.17. The molecule has 0 aliphatic carbocycles. The number of fused-ring (bicyclic) bond motifs is 1. The minimum Gasteiger partial charge on any atom is -0.481 e. The third-order valence-corrected chi connectivity index (χ3v) is 8.35. The van der Waals surface area contributed by atoms with E-state index in [0.717, 1.165) is 68.4 Å². The lowest BCUT2D eigenvalue weighted by molar-refractivity contribution is 0.0351. The molecular weight excluding hydrogens is 516 g/mol. The number of hydrogen-bond acceptors (Lipinski definition) is 9. The molecule has 0 aromatic carbocycles. The molecule has 6 heterocycles. The summed E-state index contributed by atoms with van der Waals surface area (Å²) in [5, 5.41) is 24.7. The first-order valence-electron chi connectivity index (χ1n) is 14.2. The van der Waals surface area contributed by atoms with Gasteiger partial charge in [-0.1, -0.05) is 18.2 Å². The van der Waals surface area contributed by atoms with E-state index in [4.69, 9.17) is 9.73 Å². The van der Waals surface area contributed by atoms with E-state index in [2.05, 4.69) is 61.2 Å². The van der Waals surface area contributed by atoms with Gasteiger partial charge in [-0.15, -0.1) is 0 Å². The summed E-state index contributed by atoms with van der Waals surface area (Å²) in [6.07, 6.45) is 15.2. The van der Waals surface area contributed by atoms with Gasteiger partial charge in [0, 0.05) is 70.2 Å². The highest BCUT2D eigenvalue weighted by atomic mass is 16.5. The van der Waals surface area contributed by atoms with Crippen molar-refractivity contribution >= 4 is 17.4 Å². The Kier molecular flexibility index (Phi) is 7.47. The third kappa shape index (κ3) is 5.82. The van der Waals surface area contributed by atoms with E-state index >= 15 is 0 Å². The Hall–Kier alpha value is -4.20. The fourth-order valence-corrected chi connectivity index (χ4v) is 5.79. The maximum Gasteiger partial charge on any atom is 0.212 e. The van der Waals surface area contributed by atoms with Crippen molar-refractivity contribution in [3.05, 3.63) is 77.5 Å². The van der Waals surface area contributed by atoms with E-state index in [-0.39, 0.29) is 5.92 Å². The number of nitriles is 1. The number of rotatable bonds is 6. The number of aliphatic hydroxyl groups is 1. The largest absolute Gasteiger partial charge is 0.481 e. The molecule has 0 saturated carbocycles. The summed E-state index contributed by atoms with van der Waals surface area (Å²) >= 11 is 0. The van der Waals surface area contributed by atoms with Crippen LogP contribution in [0.2, 0.25) is 0 Å². The van der Waals surface area contributed by atoms with Gasteiger partial charge in [-0.25, -0.2) is 14.5 Å². The number of allylic oxidation sites excluding steroid dienone is 3. The van der Waals surface area contributed by atoms with Gasteiger partial charge in [-0.05, 0) is 43.0 Å². The standard InChI is InChI=1S/C31H36N8O2/c1-31(40)8-10-37(11-9-31)26-16-27(30-25(17-32)20-35-39(30)22-26)24-4-3-5-28(33-19-24)38-14-12-36(13-15-38)21-23-6-7-29(41-2)34-18-23/h3-7,16,18-20,22,24,40H,8-15,21H2,1-2H3. The lowest BCUT2D eigenvalue weighted by Gasteiger charge is -2.37. The monoisotopic (exact) mass is 552 g/mol. The van der Waals surface area contributed by atoms with Crippen LogP contribution in [0.15, 0.2) is 65.8 Å². The van der Waals surface area contributed by atoms with Crippen LogP contribution < -0.4 is 9.64 Å². The van der Waals surface area contributed by atoms with Gasteiger partial charge in [0.25, 0.3) is 0 Å². The normalized spacial score (nSPS) is 21.0. The van der Waals surface area contributed by atoms with E-state index < -0.39 is 5.60 Å². The van der Waals surface area contributed by atoms with Gasteiger partial charge in [0.15, 0.2) is 0 Å². The summed E-state index contributed by atoms with van der Waals surface area (Å²) in [7, 11) is 1.63. The Morgan fingerprint density at radius 3 is 2.61 bits per heavy atom. The lowest BCUT2D eigenvalue weighted by Crippen LogP contribution is -2.45. The molecule has 3 aromatic rings. The Labute approximate surface area is 240 Å². The molecule has 2 saturated heterocycles. The van der Waals surface area contributed by atoms with Crippen LogP contribution in [0.5, 0.6) is 5.88 Å². The number of hydrogen-bond donors (Lipinski definition) is 1. The highest BCUT2D eigenvalue weighted by Gasteiger charge is 2.29. The number of anilines is 1. The summed E-state index contributed by atoms with van der Waals surface area (Å²) in [6, 6.07) is 8.45. The summed E-state index contributed by atoms with van der Waals surface area (Å²) in [4.78, 5) is 16.3. The average molecular weight is 553 g/mol. The maximum atomic E-state index is 10.4. The quantitative estimate of drug-likeness (QED) is 0.497. The van der Waals surface area contributed by atoms with Crippen molar-refractivity contribution in [3.63, 3.8) is 0 Å². The minimum absolute atomic E-state index is 0.105. The number of methoxy groups -OCH3 is 1. The number of aromatic nitrogens is 3. The van der Waals surface area contributed by atoms with Gasteiger partial charge in [0.1, 0.15) is 11.9 Å². The van der Waals surface area contributed by atoms with Gasteiger partial charge in [0.05, 0.1) is 41.9 Å². The van der Waals surface area contributed by atoms with Crippen LogP contribution in [0.1, 0.15) is 42.4 Å². The van der Waals surface area contributed by atoms with Crippen LogP contribution >= 0.6 is 0 Å². The molecule has 0 bridgehead atoms. The van der Waals surface area contributed by atoms with E-state index in [1.807, 2.05) is 36.1 Å². The molecule has 0 radical (unpaired) electrons. The van der Waals surface area contributed by atoms with Crippen LogP contribution in [0.3, 0.4) is 0 Å². The number of aliphatic imine (C=N–C) groups is 1. The van der Waals surface area contributed by atoms with E-state index in [9.17, 15) is 10.4 Å². The maximum absolute atomic E-state index is 10.4. The van der Waals surface area contributed by atoms with Crippen LogP contribution in [-0.2, 0) is 6.54 Å². The molecule has 0 amide bonds. The zero-order chi connectivity index (χ0) is 28.4. The topological polar surface area (TPSA) is 106 Å². The molecule has 2 fully saturated rings. The van der Waals surface area contributed by atoms with Crippen LogP contribution in [0.4, 0.5) is 5.69 Å². The van der Waals surface area contributed by atoms with E-state index in [1.54, 1.807) is 13.3 Å². The number of pyridine rings is 2. The highest BCUT2D eigenvalue weighted by molar-refractivity contribution is 5.81. The number of piperidine rings is 1. The molecule has 1 atom stereocenters. The molecule has 3 aromatic heterocycles. The fourth-order valence-electron chi connectivity index (χ4n) is 5.79. The van der Waals surface area contributed by atoms with Gasteiger partial charge in [0.2, 0.25) is 5.88 Å². The van der Waals surface area contributed by atoms with Crippen molar-refractivity contribution in [2.45, 2.75) is 37.8 Å². The van der Waals surface area contributed by atoms with Gasteiger partial charge >= 0.3 is 0 Å². The minimum atomic E-state index is -0.625. The molecule has 6 rings (SSSR count). The van der Waals surface area contributed by atoms with Crippen molar-refractivity contribution in [1.29, 1.82) is 5.26 Å². The SMILES string of the molecule is COc1ccc(CN2CCN(C3=CC=CC(c4cc(N5CCC(C)(O)CC5)cn5ncc(C#N)c45)C=N3)CC2)cn1. The molecule has 1 unspecified atom stereocenters. The van der Waals surface area contributed by atoms with Gasteiger partial charge in [-0.2, -0.15) is 10.4 Å². The molecule has 3 aliphatic heterocycles. The van der Waals surface area contributed by atoms with E-state index in [1.165, 1.54) is 5.56 Å². The fraction of sp³-hybridized carbons (Fsp3) is 0.419. The molecular formula is C31H36N8O2. The van der Waals surface area contributed by atoms with Crippen molar-refractivity contribution in [2.75, 3.05) is 51.3 Å². The molecule has 10 heteroatoms. The van der Waals surface area contributed by atoms with Crippen molar-refractivity contribution < 1.29 is 9.84 Å². The van der Waals surface area contributed by atoms with Gasteiger partial charge in [-0.3, -0.25) is 4.90 Å². The highest BCUT2D eigenvalue weighted by Crippen LogP contribution is 2.32. The van der Waals surface area contributed by atoms with E-state index in [0.29, 0.717) is 24.3 Å². The molecule has 1 N–H and O–H groups in total. The second kappa shape index (κ2) is 11.4. The van der Waals surface area contributed by atoms with Crippen LogP contribution in [0, 0.1) is 11.3 Å². The first kappa shape index (κ1) is 27.0. The second-order valence-electron chi connectivity index (χ2n) is 11.3. The molecule has 41 heavy (non-hydrogen) atoms. The summed E-state index contributed by atoms with van der Waals surface area (Å²) in [6.45, 7) is 7.98. The van der Waals surface area contributed by atoms with Crippen LogP contribution in [-0.4, -0.2) is 87.7 Å². The summed E-state index contributed by atoms with van der Waals surface area (Å²) in [5.74, 6) is 1.48. The zero-order valence-electron chi connectivity index (χ0n) is 23.6. The van der Waals surface area contributed by atoms with Crippen LogP contribution in [0.25, 0.3) is 5.52 Å². The first-order chi connectivity index (χ1) is 19.9. The van der Waals surface area contributed by atoms with Crippen molar-refractivity contribution in [2.24, 2.45) is 4.99 Å². The average Bonchev–Trinajstić information content (AvgIpc) is 3.25. The molecule has 212 valence electrons. The zero-order valence-corrected chi connectivity index (χ0v) is 23.6. The Morgan fingerprint density at radius 2 is 1.90 bits per heavy atom. The predicted molar refractivity (Wildman–Crippen MR) is 158 cm³/mol. The lowest BCUT2D eigenvalue weighted by atomic mass is 9.93. The molecule has 0 spiro atoms. The van der Waals surface area contributed by atoms with Crippen molar-refractivity contribution in [1.82, 2.24) is 24.4 Å². The van der Waals surface area contributed by atoms with Gasteiger partial charge < -0.3 is 19.6 Å². The first-order valence-corrected chi connectivity index (χ1v) is 14.2. The summed E-state index contributed by atoms with van der Waals surface area (Å²) in [5.41, 5.74) is 3.96. The smallest absolute Gasteiger partial charge is 0.212 e. The predicted octanol–water partition coefficient (Wildman–Crippen LogP) is 3.34.